The van der Waals surface area contributed by atoms with Crippen LogP contribution < -0.4 is 10.5 Å². The zero-order chi connectivity index (χ0) is 12.1. The second-order valence-electron chi connectivity index (χ2n) is 3.85. The second kappa shape index (κ2) is 5.65. The first-order chi connectivity index (χ1) is 7.61. The molecule has 1 N–H and O–H groups in total. The summed E-state index contributed by atoms with van der Waals surface area (Å²) in [6.45, 7) is 6.92. The van der Waals surface area contributed by atoms with Crippen LogP contribution in [0.15, 0.2) is 17.2 Å². The summed E-state index contributed by atoms with van der Waals surface area (Å²) in [6, 6.07) is 0.139. The number of aryl methyl sites for hydroxylation is 1. The SMILES string of the molecule is CCn1ccnc(N(CCO)C(C)C)c1=O. The van der Waals surface area contributed by atoms with Crippen molar-refractivity contribution in [3.63, 3.8) is 0 Å². The molecule has 0 radical (unpaired) electrons. The fraction of sp³-hybridized carbons (Fsp3) is 0.636. The molecule has 0 amide bonds. The summed E-state index contributed by atoms with van der Waals surface area (Å²) in [6.07, 6.45) is 3.29. The van der Waals surface area contributed by atoms with Gasteiger partial charge in [-0.25, -0.2) is 4.98 Å². The molecule has 0 aliphatic heterocycles. The lowest BCUT2D eigenvalue weighted by Gasteiger charge is -2.26. The van der Waals surface area contributed by atoms with Crippen molar-refractivity contribution in [2.45, 2.75) is 33.4 Å². The van der Waals surface area contributed by atoms with Gasteiger partial charge in [-0.1, -0.05) is 0 Å². The fourth-order valence-electron chi connectivity index (χ4n) is 1.60. The van der Waals surface area contributed by atoms with Crippen LogP contribution in [0.1, 0.15) is 20.8 Å². The van der Waals surface area contributed by atoms with Crippen LogP contribution in [0.3, 0.4) is 0 Å². The van der Waals surface area contributed by atoms with Crippen molar-refractivity contribution >= 4 is 5.82 Å². The molecule has 0 bridgehead atoms. The van der Waals surface area contributed by atoms with Gasteiger partial charge in [0.25, 0.3) is 5.56 Å². The molecule has 5 heteroatoms. The number of aromatic nitrogens is 2. The Morgan fingerprint density at radius 1 is 1.56 bits per heavy atom. The fourth-order valence-corrected chi connectivity index (χ4v) is 1.60. The number of rotatable bonds is 5. The Balaban J connectivity index is 3.14. The van der Waals surface area contributed by atoms with E-state index in [1.165, 1.54) is 0 Å². The van der Waals surface area contributed by atoms with Gasteiger partial charge >= 0.3 is 0 Å². The lowest BCUT2D eigenvalue weighted by molar-refractivity contribution is 0.298. The molecular weight excluding hydrogens is 206 g/mol. The van der Waals surface area contributed by atoms with E-state index in [0.29, 0.717) is 18.9 Å². The maximum atomic E-state index is 12.0. The molecule has 1 rings (SSSR count). The number of aliphatic hydroxyl groups excluding tert-OH is 1. The van der Waals surface area contributed by atoms with Gasteiger partial charge < -0.3 is 14.6 Å². The van der Waals surface area contributed by atoms with E-state index in [-0.39, 0.29) is 18.2 Å². The molecule has 90 valence electrons. The highest BCUT2D eigenvalue weighted by atomic mass is 16.3. The minimum atomic E-state index is -0.104. The highest BCUT2D eigenvalue weighted by Gasteiger charge is 2.15. The van der Waals surface area contributed by atoms with E-state index in [9.17, 15) is 4.79 Å². The van der Waals surface area contributed by atoms with Crippen LogP contribution in [0, 0.1) is 0 Å². The first kappa shape index (κ1) is 12.7. The van der Waals surface area contributed by atoms with Gasteiger partial charge in [0.1, 0.15) is 0 Å². The largest absolute Gasteiger partial charge is 0.395 e. The Labute approximate surface area is 95.4 Å². The minimum Gasteiger partial charge on any atom is -0.395 e. The molecule has 16 heavy (non-hydrogen) atoms. The predicted octanol–water partition coefficient (Wildman–Crippen LogP) is 0.470. The molecule has 0 aliphatic rings. The van der Waals surface area contributed by atoms with Gasteiger partial charge in [-0.2, -0.15) is 0 Å². The zero-order valence-corrected chi connectivity index (χ0v) is 10.1. The number of hydrogen-bond donors (Lipinski definition) is 1. The summed E-state index contributed by atoms with van der Waals surface area (Å²) < 4.78 is 1.61. The Hall–Kier alpha value is -1.36. The van der Waals surface area contributed by atoms with Crippen LogP contribution in [0.2, 0.25) is 0 Å². The van der Waals surface area contributed by atoms with Gasteiger partial charge in [-0.3, -0.25) is 4.79 Å². The molecule has 0 aromatic carbocycles. The van der Waals surface area contributed by atoms with Gasteiger partial charge in [0.2, 0.25) is 0 Å². The van der Waals surface area contributed by atoms with Gasteiger partial charge in [-0.15, -0.1) is 0 Å². The average molecular weight is 225 g/mol. The number of hydrogen-bond acceptors (Lipinski definition) is 4. The molecule has 0 atom stereocenters. The first-order valence-corrected chi connectivity index (χ1v) is 5.54. The molecule has 1 aromatic rings. The Kier molecular flexibility index (Phi) is 4.49. The molecule has 0 aliphatic carbocycles. The normalized spacial score (nSPS) is 10.8. The first-order valence-electron chi connectivity index (χ1n) is 5.54. The highest BCUT2D eigenvalue weighted by Crippen LogP contribution is 2.07. The van der Waals surface area contributed by atoms with E-state index < -0.39 is 0 Å². The van der Waals surface area contributed by atoms with Gasteiger partial charge in [-0.05, 0) is 20.8 Å². The van der Waals surface area contributed by atoms with Gasteiger partial charge in [0.05, 0.1) is 6.61 Å². The quantitative estimate of drug-likeness (QED) is 0.791. The summed E-state index contributed by atoms with van der Waals surface area (Å²) in [4.78, 5) is 17.9. The molecular formula is C11H19N3O2. The van der Waals surface area contributed by atoms with Crippen molar-refractivity contribution in [1.82, 2.24) is 9.55 Å². The second-order valence-corrected chi connectivity index (χ2v) is 3.85. The minimum absolute atomic E-state index is 0.0142. The van der Waals surface area contributed by atoms with E-state index in [1.807, 2.05) is 25.7 Å². The predicted molar refractivity (Wildman–Crippen MR) is 63.7 cm³/mol. The van der Waals surface area contributed by atoms with Gasteiger partial charge in [0.15, 0.2) is 5.82 Å². The van der Waals surface area contributed by atoms with Crippen LogP contribution in [0.5, 0.6) is 0 Å². The lowest BCUT2D eigenvalue weighted by atomic mass is 10.3. The number of aliphatic hydroxyl groups is 1. The molecule has 1 heterocycles. The maximum absolute atomic E-state index is 12.0. The Morgan fingerprint density at radius 3 is 2.75 bits per heavy atom. The standard InChI is InChI=1S/C11H19N3O2/c1-4-13-6-5-12-10(11(13)16)14(7-8-15)9(2)3/h5-6,9,15H,4,7-8H2,1-3H3. The number of anilines is 1. The van der Waals surface area contributed by atoms with Crippen molar-refractivity contribution in [1.29, 1.82) is 0 Å². The zero-order valence-electron chi connectivity index (χ0n) is 10.1. The molecule has 0 spiro atoms. The molecule has 0 unspecified atom stereocenters. The maximum Gasteiger partial charge on any atom is 0.293 e. The van der Waals surface area contributed by atoms with E-state index in [0.717, 1.165) is 0 Å². The highest BCUT2D eigenvalue weighted by molar-refractivity contribution is 5.36. The third kappa shape index (κ3) is 2.61. The van der Waals surface area contributed by atoms with Crippen LogP contribution in [0.25, 0.3) is 0 Å². The summed E-state index contributed by atoms with van der Waals surface area (Å²) in [7, 11) is 0. The van der Waals surface area contributed by atoms with Crippen LogP contribution in [-0.2, 0) is 6.54 Å². The Morgan fingerprint density at radius 2 is 2.25 bits per heavy atom. The number of nitrogens with zero attached hydrogens (tertiary/aromatic N) is 3. The van der Waals surface area contributed by atoms with Crippen molar-refractivity contribution in [2.75, 3.05) is 18.1 Å². The summed E-state index contributed by atoms with van der Waals surface area (Å²) in [5.74, 6) is 0.411. The lowest BCUT2D eigenvalue weighted by Crippen LogP contribution is -2.39. The van der Waals surface area contributed by atoms with Crippen LogP contribution in [0.4, 0.5) is 5.82 Å². The third-order valence-corrected chi connectivity index (χ3v) is 2.47. The Bertz CT molecular complexity index is 387. The van der Waals surface area contributed by atoms with E-state index in [4.69, 9.17) is 5.11 Å². The summed E-state index contributed by atoms with van der Waals surface area (Å²) >= 11 is 0. The topological polar surface area (TPSA) is 58.4 Å². The third-order valence-electron chi connectivity index (χ3n) is 2.47. The van der Waals surface area contributed by atoms with E-state index in [1.54, 1.807) is 17.0 Å². The van der Waals surface area contributed by atoms with E-state index >= 15 is 0 Å². The van der Waals surface area contributed by atoms with Crippen molar-refractivity contribution in [2.24, 2.45) is 0 Å². The molecule has 0 fully saturated rings. The molecule has 1 aromatic heterocycles. The monoisotopic (exact) mass is 225 g/mol. The van der Waals surface area contributed by atoms with Crippen molar-refractivity contribution < 1.29 is 5.11 Å². The van der Waals surface area contributed by atoms with Crippen LogP contribution >= 0.6 is 0 Å². The van der Waals surface area contributed by atoms with Crippen molar-refractivity contribution in [3.8, 4) is 0 Å². The summed E-state index contributed by atoms with van der Waals surface area (Å²) in [5, 5.41) is 8.99. The molecule has 0 saturated heterocycles. The van der Waals surface area contributed by atoms with Crippen molar-refractivity contribution in [3.05, 3.63) is 22.7 Å². The average Bonchev–Trinajstić information content (AvgIpc) is 2.26. The smallest absolute Gasteiger partial charge is 0.293 e. The van der Waals surface area contributed by atoms with E-state index in [2.05, 4.69) is 4.98 Å². The summed E-state index contributed by atoms with van der Waals surface area (Å²) in [5.41, 5.74) is -0.104. The molecule has 5 nitrogen and oxygen atoms in total. The molecule has 0 saturated carbocycles. The van der Waals surface area contributed by atoms with Crippen LogP contribution in [-0.4, -0.2) is 33.9 Å². The van der Waals surface area contributed by atoms with Gasteiger partial charge in [0, 0.05) is 31.5 Å².